The maximum Gasteiger partial charge on any atom is 0.229 e. The molecule has 15 heavy (non-hydrogen) atoms. The molecule has 1 aliphatic heterocycles. The molecular weight excluding hydrogens is 186 g/mol. The van der Waals surface area contributed by atoms with Crippen LogP contribution < -0.4 is 0 Å². The molecule has 1 aliphatic rings. The lowest BCUT2D eigenvalue weighted by atomic mass is 9.74. The minimum atomic E-state index is -0.0660. The van der Waals surface area contributed by atoms with Crippen molar-refractivity contribution in [1.82, 2.24) is 4.90 Å². The summed E-state index contributed by atoms with van der Waals surface area (Å²) in [5.41, 5.74) is -0.0660. The van der Waals surface area contributed by atoms with Gasteiger partial charge in [-0.2, -0.15) is 0 Å². The van der Waals surface area contributed by atoms with E-state index in [1.165, 1.54) is 0 Å². The topological polar surface area (TPSA) is 20.3 Å². The van der Waals surface area contributed by atoms with Crippen molar-refractivity contribution in [3.8, 4) is 0 Å². The fourth-order valence-electron chi connectivity index (χ4n) is 2.73. The van der Waals surface area contributed by atoms with Crippen LogP contribution in [0.3, 0.4) is 0 Å². The van der Waals surface area contributed by atoms with Gasteiger partial charge in [-0.25, -0.2) is 0 Å². The van der Waals surface area contributed by atoms with Crippen molar-refractivity contribution in [1.29, 1.82) is 0 Å². The number of carbonyl (C=O) groups is 1. The van der Waals surface area contributed by atoms with E-state index in [0.29, 0.717) is 17.9 Å². The lowest BCUT2D eigenvalue weighted by Gasteiger charge is -2.32. The second-order valence-electron chi connectivity index (χ2n) is 5.17. The van der Waals surface area contributed by atoms with Crippen LogP contribution in [0.5, 0.6) is 0 Å². The zero-order chi connectivity index (χ0) is 11.6. The monoisotopic (exact) mass is 211 g/mol. The van der Waals surface area contributed by atoms with Crippen LogP contribution in [0.15, 0.2) is 0 Å². The van der Waals surface area contributed by atoms with Gasteiger partial charge in [0, 0.05) is 12.6 Å². The second kappa shape index (κ2) is 4.54. The van der Waals surface area contributed by atoms with Gasteiger partial charge in [-0.05, 0) is 32.1 Å². The van der Waals surface area contributed by atoms with Gasteiger partial charge in [0.2, 0.25) is 5.91 Å². The zero-order valence-corrected chi connectivity index (χ0v) is 10.8. The van der Waals surface area contributed by atoms with Gasteiger partial charge in [0.15, 0.2) is 0 Å². The first-order chi connectivity index (χ1) is 6.99. The molecule has 1 rings (SSSR count). The average Bonchev–Trinajstić information content (AvgIpc) is 2.55. The average molecular weight is 211 g/mol. The number of likely N-dealkylation sites (tertiary alicyclic amines) is 1. The van der Waals surface area contributed by atoms with Crippen molar-refractivity contribution >= 4 is 5.91 Å². The molecule has 0 radical (unpaired) electrons. The predicted octanol–water partition coefficient (Wildman–Crippen LogP) is 3.07. The van der Waals surface area contributed by atoms with E-state index >= 15 is 0 Å². The SMILES string of the molecule is CCC(C)N1CCC(CC)(C(C)C)C1=O. The van der Waals surface area contributed by atoms with E-state index in [9.17, 15) is 4.79 Å². The number of rotatable bonds is 4. The summed E-state index contributed by atoms with van der Waals surface area (Å²) in [5.74, 6) is 0.860. The minimum absolute atomic E-state index is 0.0660. The molecule has 2 atom stereocenters. The Kier molecular flexibility index (Phi) is 3.80. The van der Waals surface area contributed by atoms with E-state index < -0.39 is 0 Å². The van der Waals surface area contributed by atoms with Crippen LogP contribution in [0.25, 0.3) is 0 Å². The molecule has 1 saturated heterocycles. The molecule has 0 aromatic rings. The van der Waals surface area contributed by atoms with Crippen molar-refractivity contribution in [3.63, 3.8) is 0 Å². The largest absolute Gasteiger partial charge is 0.339 e. The van der Waals surface area contributed by atoms with E-state index in [2.05, 4.69) is 39.5 Å². The van der Waals surface area contributed by atoms with E-state index in [1.54, 1.807) is 0 Å². The Morgan fingerprint density at radius 2 is 1.93 bits per heavy atom. The highest BCUT2D eigenvalue weighted by atomic mass is 16.2. The van der Waals surface area contributed by atoms with Gasteiger partial charge in [-0.1, -0.05) is 27.7 Å². The van der Waals surface area contributed by atoms with E-state index in [-0.39, 0.29) is 5.41 Å². The molecule has 1 heterocycles. The van der Waals surface area contributed by atoms with Gasteiger partial charge < -0.3 is 4.90 Å². The minimum Gasteiger partial charge on any atom is -0.339 e. The van der Waals surface area contributed by atoms with Crippen LogP contribution in [-0.4, -0.2) is 23.4 Å². The number of hydrogen-bond donors (Lipinski definition) is 0. The highest BCUT2D eigenvalue weighted by Gasteiger charge is 2.48. The first-order valence-electron chi connectivity index (χ1n) is 6.30. The predicted molar refractivity (Wildman–Crippen MR) is 63.6 cm³/mol. The van der Waals surface area contributed by atoms with Crippen LogP contribution in [-0.2, 0) is 4.79 Å². The molecule has 1 fully saturated rings. The molecule has 88 valence electrons. The molecule has 2 nitrogen and oxygen atoms in total. The third-order valence-corrected chi connectivity index (χ3v) is 4.34. The van der Waals surface area contributed by atoms with Crippen LogP contribution in [0.4, 0.5) is 0 Å². The fraction of sp³-hybridized carbons (Fsp3) is 0.923. The van der Waals surface area contributed by atoms with Crippen molar-refractivity contribution < 1.29 is 4.79 Å². The maximum absolute atomic E-state index is 12.4. The summed E-state index contributed by atoms with van der Waals surface area (Å²) in [5, 5.41) is 0. The summed E-state index contributed by atoms with van der Waals surface area (Å²) < 4.78 is 0. The number of carbonyl (C=O) groups excluding carboxylic acids is 1. The van der Waals surface area contributed by atoms with Crippen molar-refractivity contribution in [2.75, 3.05) is 6.54 Å². The fourth-order valence-corrected chi connectivity index (χ4v) is 2.73. The third kappa shape index (κ3) is 1.91. The molecule has 0 bridgehead atoms. The molecule has 0 aromatic carbocycles. The summed E-state index contributed by atoms with van der Waals surface area (Å²) in [6, 6.07) is 0.407. The number of hydrogen-bond acceptors (Lipinski definition) is 1. The van der Waals surface area contributed by atoms with Gasteiger partial charge in [0.05, 0.1) is 5.41 Å². The third-order valence-electron chi connectivity index (χ3n) is 4.34. The molecule has 0 aliphatic carbocycles. The van der Waals surface area contributed by atoms with Crippen LogP contribution >= 0.6 is 0 Å². The summed E-state index contributed by atoms with van der Waals surface area (Å²) >= 11 is 0. The van der Waals surface area contributed by atoms with Gasteiger partial charge in [-0.3, -0.25) is 4.79 Å². The molecule has 0 N–H and O–H groups in total. The molecule has 1 amide bonds. The number of nitrogens with zero attached hydrogens (tertiary/aromatic N) is 1. The Morgan fingerprint density at radius 1 is 1.33 bits per heavy atom. The standard InChI is InChI=1S/C13H25NO/c1-6-11(5)14-9-8-13(7-2,10(3)4)12(14)15/h10-11H,6-9H2,1-5H3. The van der Waals surface area contributed by atoms with Crippen LogP contribution in [0.1, 0.15) is 53.9 Å². The Balaban J connectivity index is 2.86. The van der Waals surface area contributed by atoms with E-state index in [0.717, 1.165) is 25.8 Å². The smallest absolute Gasteiger partial charge is 0.229 e. The van der Waals surface area contributed by atoms with Gasteiger partial charge in [0.25, 0.3) is 0 Å². The van der Waals surface area contributed by atoms with E-state index in [4.69, 9.17) is 0 Å². The Morgan fingerprint density at radius 3 is 2.27 bits per heavy atom. The van der Waals surface area contributed by atoms with Crippen molar-refractivity contribution in [3.05, 3.63) is 0 Å². The van der Waals surface area contributed by atoms with Crippen molar-refractivity contribution in [2.24, 2.45) is 11.3 Å². The molecular formula is C13H25NO. The molecule has 2 heteroatoms. The van der Waals surface area contributed by atoms with Crippen LogP contribution in [0, 0.1) is 11.3 Å². The van der Waals surface area contributed by atoms with Crippen LogP contribution in [0.2, 0.25) is 0 Å². The summed E-state index contributed by atoms with van der Waals surface area (Å²) in [6.07, 6.45) is 3.09. The number of amides is 1. The summed E-state index contributed by atoms with van der Waals surface area (Å²) in [4.78, 5) is 14.5. The summed E-state index contributed by atoms with van der Waals surface area (Å²) in [7, 11) is 0. The highest BCUT2D eigenvalue weighted by molar-refractivity contribution is 5.85. The second-order valence-corrected chi connectivity index (χ2v) is 5.17. The molecule has 0 spiro atoms. The summed E-state index contributed by atoms with van der Waals surface area (Å²) in [6.45, 7) is 11.8. The van der Waals surface area contributed by atoms with E-state index in [1.807, 2.05) is 0 Å². The normalized spacial score (nSPS) is 28.9. The Bertz CT molecular complexity index is 237. The van der Waals surface area contributed by atoms with Gasteiger partial charge >= 0.3 is 0 Å². The Hall–Kier alpha value is -0.530. The molecule has 0 aromatic heterocycles. The Labute approximate surface area is 94.0 Å². The zero-order valence-electron chi connectivity index (χ0n) is 10.8. The first kappa shape index (κ1) is 12.5. The van der Waals surface area contributed by atoms with Gasteiger partial charge in [-0.15, -0.1) is 0 Å². The lowest BCUT2D eigenvalue weighted by molar-refractivity contribution is -0.140. The highest BCUT2D eigenvalue weighted by Crippen LogP contribution is 2.42. The molecule has 0 saturated carbocycles. The maximum atomic E-state index is 12.4. The first-order valence-corrected chi connectivity index (χ1v) is 6.30. The van der Waals surface area contributed by atoms with Gasteiger partial charge in [0.1, 0.15) is 0 Å². The molecule has 2 unspecified atom stereocenters. The lowest BCUT2D eigenvalue weighted by Crippen LogP contribution is -2.41. The quantitative estimate of drug-likeness (QED) is 0.700. The van der Waals surface area contributed by atoms with Crippen molar-refractivity contribution in [2.45, 2.75) is 59.9 Å².